The Labute approximate surface area is 197 Å². The summed E-state index contributed by atoms with van der Waals surface area (Å²) in [6.07, 6.45) is 0. The van der Waals surface area contributed by atoms with Crippen molar-refractivity contribution in [3.63, 3.8) is 0 Å². The highest BCUT2D eigenvalue weighted by atomic mass is 32.1. The lowest BCUT2D eigenvalue weighted by Gasteiger charge is -2.30. The van der Waals surface area contributed by atoms with Crippen LogP contribution >= 0.6 is 11.3 Å². The molecule has 0 aliphatic heterocycles. The van der Waals surface area contributed by atoms with Crippen molar-refractivity contribution in [2.45, 2.75) is 33.0 Å². The molecule has 3 amide bonds. The summed E-state index contributed by atoms with van der Waals surface area (Å²) in [6, 6.07) is 16.5. The average Bonchev–Trinajstić information content (AvgIpc) is 3.31. The predicted octanol–water partition coefficient (Wildman–Crippen LogP) is 5.37. The number of urea groups is 1. The van der Waals surface area contributed by atoms with Gasteiger partial charge in [-0.1, -0.05) is 24.3 Å². The van der Waals surface area contributed by atoms with Crippen LogP contribution in [0.2, 0.25) is 0 Å². The van der Waals surface area contributed by atoms with Gasteiger partial charge in [0.2, 0.25) is 5.91 Å². The molecule has 0 atom stereocenters. The lowest BCUT2D eigenvalue weighted by atomic mass is 10.2. The highest BCUT2D eigenvalue weighted by molar-refractivity contribution is 7.09. The first-order valence-corrected chi connectivity index (χ1v) is 11.5. The molecule has 1 N–H and O–H groups in total. The number of hydrogen-bond donors (Lipinski definition) is 1. The zero-order chi connectivity index (χ0) is 23.8. The number of ether oxygens (including phenoxy) is 1. The van der Waals surface area contributed by atoms with Gasteiger partial charge >= 0.3 is 6.03 Å². The molecule has 1 heterocycles. The Balaban J connectivity index is 1.74. The van der Waals surface area contributed by atoms with Crippen LogP contribution in [0.1, 0.15) is 24.3 Å². The van der Waals surface area contributed by atoms with Crippen LogP contribution in [-0.4, -0.2) is 41.4 Å². The van der Waals surface area contributed by atoms with E-state index in [-0.39, 0.29) is 30.3 Å². The molecule has 0 unspecified atom stereocenters. The fourth-order valence-corrected chi connectivity index (χ4v) is 3.98. The lowest BCUT2D eigenvalue weighted by molar-refractivity contribution is -0.133. The number of nitrogens with zero attached hydrogens (tertiary/aromatic N) is 2. The second-order valence-corrected chi connectivity index (χ2v) is 8.87. The van der Waals surface area contributed by atoms with Crippen molar-refractivity contribution in [2.75, 3.05) is 19.0 Å². The fourth-order valence-electron chi connectivity index (χ4n) is 3.26. The smallest absolute Gasteiger partial charge is 0.322 e. The molecule has 0 bridgehead atoms. The van der Waals surface area contributed by atoms with Gasteiger partial charge in [-0.3, -0.25) is 4.79 Å². The van der Waals surface area contributed by atoms with Gasteiger partial charge in [0.15, 0.2) is 0 Å². The largest absolute Gasteiger partial charge is 0.497 e. The number of methoxy groups -OCH3 is 1. The number of amides is 3. The maximum absolute atomic E-state index is 13.3. The fraction of sp³-hybridized carbons (Fsp3) is 0.280. The molecular formula is C25H28FN3O3S. The van der Waals surface area contributed by atoms with Crippen LogP contribution in [-0.2, 0) is 17.9 Å². The van der Waals surface area contributed by atoms with E-state index < -0.39 is 0 Å². The number of anilines is 1. The summed E-state index contributed by atoms with van der Waals surface area (Å²) in [5.74, 6) is 0.110. The second-order valence-electron chi connectivity index (χ2n) is 7.84. The van der Waals surface area contributed by atoms with Crippen LogP contribution < -0.4 is 10.1 Å². The average molecular weight is 470 g/mol. The topological polar surface area (TPSA) is 61.9 Å². The summed E-state index contributed by atoms with van der Waals surface area (Å²) in [5.41, 5.74) is 1.40. The van der Waals surface area contributed by atoms with Crippen LogP contribution in [0.25, 0.3) is 0 Å². The summed E-state index contributed by atoms with van der Waals surface area (Å²) < 4.78 is 18.5. The first-order valence-electron chi connectivity index (χ1n) is 10.6. The van der Waals surface area contributed by atoms with Crippen LogP contribution in [0.15, 0.2) is 66.0 Å². The van der Waals surface area contributed by atoms with Crippen LogP contribution in [0.3, 0.4) is 0 Å². The highest BCUT2D eigenvalue weighted by Crippen LogP contribution is 2.19. The van der Waals surface area contributed by atoms with Gasteiger partial charge in [-0.2, -0.15) is 0 Å². The van der Waals surface area contributed by atoms with Crippen LogP contribution in [0.4, 0.5) is 14.9 Å². The minimum absolute atomic E-state index is 0.0833. The van der Waals surface area contributed by atoms with Gasteiger partial charge in [-0.25, -0.2) is 9.18 Å². The summed E-state index contributed by atoms with van der Waals surface area (Å²) in [7, 11) is 1.56. The Hall–Kier alpha value is -3.39. The molecule has 3 rings (SSSR count). The highest BCUT2D eigenvalue weighted by Gasteiger charge is 2.24. The van der Waals surface area contributed by atoms with E-state index >= 15 is 0 Å². The van der Waals surface area contributed by atoms with Gasteiger partial charge in [0.05, 0.1) is 13.7 Å². The molecule has 0 saturated heterocycles. The van der Waals surface area contributed by atoms with Crippen molar-refractivity contribution in [3.8, 4) is 5.75 Å². The molecule has 33 heavy (non-hydrogen) atoms. The molecule has 0 spiro atoms. The van der Waals surface area contributed by atoms with Crippen molar-refractivity contribution in [3.05, 3.63) is 82.3 Å². The standard InChI is InChI=1S/C25H28FN3O3S/c1-18(2)29(25(31)27-21-6-4-7-22(14-21)32-3)17-24(30)28(16-23-8-5-13-33-23)15-19-9-11-20(26)12-10-19/h4-14,18H,15-17H2,1-3H3,(H,27,31). The van der Waals surface area contributed by atoms with E-state index in [9.17, 15) is 14.0 Å². The molecule has 8 heteroatoms. The Morgan fingerprint density at radius 3 is 2.45 bits per heavy atom. The van der Waals surface area contributed by atoms with Gasteiger partial charge in [0.1, 0.15) is 18.1 Å². The molecular weight excluding hydrogens is 441 g/mol. The van der Waals surface area contributed by atoms with E-state index in [4.69, 9.17) is 4.74 Å². The number of halogens is 1. The number of carbonyl (C=O) groups is 2. The van der Waals surface area contributed by atoms with Gasteiger partial charge in [0, 0.05) is 29.2 Å². The van der Waals surface area contributed by atoms with Gasteiger partial charge < -0.3 is 19.9 Å². The molecule has 0 aliphatic rings. The third-order valence-corrected chi connectivity index (χ3v) is 5.94. The van der Waals surface area contributed by atoms with E-state index in [1.807, 2.05) is 31.4 Å². The second kappa shape index (κ2) is 11.5. The third-order valence-electron chi connectivity index (χ3n) is 5.08. The summed E-state index contributed by atoms with van der Waals surface area (Å²) >= 11 is 1.56. The zero-order valence-electron chi connectivity index (χ0n) is 19.0. The number of nitrogens with one attached hydrogen (secondary N) is 1. The minimum Gasteiger partial charge on any atom is -0.497 e. The molecule has 3 aromatic rings. The van der Waals surface area contributed by atoms with E-state index in [1.54, 1.807) is 59.7 Å². The molecule has 0 radical (unpaired) electrons. The molecule has 6 nitrogen and oxygen atoms in total. The molecule has 0 aliphatic carbocycles. The molecule has 0 fully saturated rings. The van der Waals surface area contributed by atoms with Crippen LogP contribution in [0.5, 0.6) is 5.75 Å². The SMILES string of the molecule is COc1cccc(NC(=O)N(CC(=O)N(Cc2ccc(F)cc2)Cc2cccs2)C(C)C)c1. The van der Waals surface area contributed by atoms with Crippen molar-refractivity contribution in [1.29, 1.82) is 0 Å². The van der Waals surface area contributed by atoms with Gasteiger partial charge in [-0.05, 0) is 55.1 Å². The third kappa shape index (κ3) is 7.05. The van der Waals surface area contributed by atoms with Gasteiger partial charge in [0.25, 0.3) is 0 Å². The molecule has 1 aromatic heterocycles. The monoisotopic (exact) mass is 469 g/mol. The summed E-state index contributed by atoms with van der Waals surface area (Å²) in [4.78, 5) is 30.5. The van der Waals surface area contributed by atoms with Crippen molar-refractivity contribution in [1.82, 2.24) is 9.80 Å². The maximum Gasteiger partial charge on any atom is 0.322 e. The van der Waals surface area contributed by atoms with Crippen molar-refractivity contribution < 1.29 is 18.7 Å². The molecule has 174 valence electrons. The number of hydrogen-bond acceptors (Lipinski definition) is 4. The normalized spacial score (nSPS) is 10.7. The predicted molar refractivity (Wildman–Crippen MR) is 129 cm³/mol. The van der Waals surface area contributed by atoms with E-state index in [0.29, 0.717) is 24.5 Å². The minimum atomic E-state index is -0.371. The lowest BCUT2D eigenvalue weighted by Crippen LogP contribution is -2.47. The van der Waals surface area contributed by atoms with Crippen molar-refractivity contribution in [2.24, 2.45) is 0 Å². The quantitative estimate of drug-likeness (QED) is 0.459. The number of carbonyl (C=O) groups excluding carboxylic acids is 2. The van der Waals surface area contributed by atoms with Crippen molar-refractivity contribution >= 4 is 29.0 Å². The first-order chi connectivity index (χ1) is 15.9. The Kier molecular flexibility index (Phi) is 8.43. The summed E-state index contributed by atoms with van der Waals surface area (Å²) in [5, 5.41) is 4.80. The maximum atomic E-state index is 13.3. The summed E-state index contributed by atoms with van der Waals surface area (Å²) in [6.45, 7) is 4.38. The molecule has 0 saturated carbocycles. The van der Waals surface area contributed by atoms with E-state index in [1.165, 1.54) is 17.0 Å². The Morgan fingerprint density at radius 1 is 1.06 bits per heavy atom. The molecule has 2 aromatic carbocycles. The Bertz CT molecular complexity index is 1060. The first kappa shape index (κ1) is 24.3. The number of benzene rings is 2. The Morgan fingerprint density at radius 2 is 1.82 bits per heavy atom. The van der Waals surface area contributed by atoms with E-state index in [0.717, 1.165) is 10.4 Å². The zero-order valence-corrected chi connectivity index (χ0v) is 19.8. The number of rotatable bonds is 9. The van der Waals surface area contributed by atoms with Crippen LogP contribution in [0, 0.1) is 5.82 Å². The number of thiophene rings is 1. The van der Waals surface area contributed by atoms with Gasteiger partial charge in [-0.15, -0.1) is 11.3 Å². The van der Waals surface area contributed by atoms with E-state index in [2.05, 4.69) is 5.32 Å².